The van der Waals surface area contributed by atoms with E-state index >= 15 is 0 Å². The fourth-order valence-corrected chi connectivity index (χ4v) is 1.89. The second-order valence-electron chi connectivity index (χ2n) is 4.11. The van der Waals surface area contributed by atoms with Crippen molar-refractivity contribution in [1.82, 2.24) is 0 Å². The van der Waals surface area contributed by atoms with E-state index in [1.165, 1.54) is 6.07 Å². The van der Waals surface area contributed by atoms with Crippen LogP contribution in [0.4, 0.5) is 18.9 Å². The van der Waals surface area contributed by atoms with Gasteiger partial charge in [-0.3, -0.25) is 0 Å². The molecular formula is C13H16F3NO2. The summed E-state index contributed by atoms with van der Waals surface area (Å²) in [6.45, 7) is 5.10. The molecule has 0 radical (unpaired) electrons. The maximum atomic E-state index is 12.7. The maximum absolute atomic E-state index is 12.7. The van der Waals surface area contributed by atoms with Crippen molar-refractivity contribution in [3.63, 3.8) is 0 Å². The molecule has 6 heteroatoms. The molecule has 0 saturated carbocycles. The normalized spacial score (nSPS) is 11.4. The Bertz CT molecular complexity index is 458. The Morgan fingerprint density at radius 3 is 2.37 bits per heavy atom. The highest BCUT2D eigenvalue weighted by Crippen LogP contribution is 2.34. The molecule has 0 amide bonds. The van der Waals surface area contributed by atoms with Crippen molar-refractivity contribution >= 4 is 11.7 Å². The molecule has 0 aliphatic heterocycles. The van der Waals surface area contributed by atoms with Crippen LogP contribution in [-0.4, -0.2) is 24.2 Å². The second-order valence-corrected chi connectivity index (χ2v) is 4.11. The van der Waals surface area contributed by atoms with Gasteiger partial charge in [0.25, 0.3) is 0 Å². The third-order valence-electron chi connectivity index (χ3n) is 2.78. The zero-order valence-electron chi connectivity index (χ0n) is 10.8. The van der Waals surface area contributed by atoms with Crippen LogP contribution in [0.5, 0.6) is 0 Å². The van der Waals surface area contributed by atoms with Gasteiger partial charge in [0.05, 0.1) is 11.1 Å². The maximum Gasteiger partial charge on any atom is 0.417 e. The molecule has 0 unspecified atom stereocenters. The van der Waals surface area contributed by atoms with Gasteiger partial charge in [0.2, 0.25) is 0 Å². The summed E-state index contributed by atoms with van der Waals surface area (Å²) in [5.41, 5.74) is -1.33. The number of alkyl halides is 3. The molecule has 0 heterocycles. The summed E-state index contributed by atoms with van der Waals surface area (Å²) < 4.78 is 38.1. The van der Waals surface area contributed by atoms with Crippen LogP contribution < -0.4 is 4.90 Å². The lowest BCUT2D eigenvalue weighted by molar-refractivity contribution is -0.138. The molecule has 0 aliphatic rings. The first-order chi connectivity index (χ1) is 8.81. The molecule has 0 spiro atoms. The lowest BCUT2D eigenvalue weighted by atomic mass is 10.1. The summed E-state index contributed by atoms with van der Waals surface area (Å²) in [4.78, 5) is 12.8. The van der Waals surface area contributed by atoms with E-state index in [9.17, 15) is 18.0 Å². The van der Waals surface area contributed by atoms with Gasteiger partial charge in [-0.1, -0.05) is 6.92 Å². The number of carboxylic acid groups (broad SMARTS) is 1. The summed E-state index contributed by atoms with van der Waals surface area (Å²) in [5, 5.41) is 8.92. The van der Waals surface area contributed by atoms with Crippen molar-refractivity contribution in [1.29, 1.82) is 0 Å². The lowest BCUT2D eigenvalue weighted by Gasteiger charge is -2.23. The third-order valence-corrected chi connectivity index (χ3v) is 2.78. The SMILES string of the molecule is CCCN(CC)c1ccc(C(F)(F)F)c(C(=O)O)c1. The molecule has 0 fully saturated rings. The number of benzene rings is 1. The summed E-state index contributed by atoms with van der Waals surface area (Å²) >= 11 is 0. The van der Waals surface area contributed by atoms with Crippen molar-refractivity contribution < 1.29 is 23.1 Å². The fraction of sp³-hybridized carbons (Fsp3) is 0.462. The zero-order valence-corrected chi connectivity index (χ0v) is 10.8. The van der Waals surface area contributed by atoms with Gasteiger partial charge in [-0.25, -0.2) is 4.79 Å². The van der Waals surface area contributed by atoms with Crippen LogP contribution in [-0.2, 0) is 6.18 Å². The Hall–Kier alpha value is -1.72. The smallest absolute Gasteiger partial charge is 0.417 e. The first-order valence-corrected chi connectivity index (χ1v) is 6.00. The Labute approximate surface area is 109 Å². The molecule has 1 aromatic rings. The van der Waals surface area contributed by atoms with Crippen LogP contribution in [0.2, 0.25) is 0 Å². The monoisotopic (exact) mass is 275 g/mol. The lowest BCUT2D eigenvalue weighted by Crippen LogP contribution is -2.24. The average Bonchev–Trinajstić information content (AvgIpc) is 2.34. The standard InChI is InChI=1S/C13H16F3NO2/c1-3-7-17(4-2)9-5-6-11(13(14,15)16)10(8-9)12(18)19/h5-6,8H,3-4,7H2,1-2H3,(H,18,19). The zero-order chi connectivity index (χ0) is 14.6. The Balaban J connectivity index is 3.27. The van der Waals surface area contributed by atoms with E-state index in [4.69, 9.17) is 5.11 Å². The quantitative estimate of drug-likeness (QED) is 0.891. The number of carboxylic acids is 1. The fourth-order valence-electron chi connectivity index (χ4n) is 1.89. The first kappa shape index (κ1) is 15.3. The highest BCUT2D eigenvalue weighted by atomic mass is 19.4. The predicted octanol–water partition coefficient (Wildman–Crippen LogP) is 3.64. The first-order valence-electron chi connectivity index (χ1n) is 6.00. The molecule has 0 atom stereocenters. The van der Waals surface area contributed by atoms with Gasteiger partial charge in [-0.2, -0.15) is 13.2 Å². The number of anilines is 1. The molecule has 0 saturated heterocycles. The largest absolute Gasteiger partial charge is 0.478 e. The average molecular weight is 275 g/mol. The molecule has 3 nitrogen and oxygen atoms in total. The molecule has 0 aromatic heterocycles. The molecule has 106 valence electrons. The van der Waals surface area contributed by atoms with Crippen LogP contribution in [0.1, 0.15) is 36.2 Å². The van der Waals surface area contributed by atoms with Gasteiger partial charge in [0.15, 0.2) is 0 Å². The highest BCUT2D eigenvalue weighted by Gasteiger charge is 2.35. The molecule has 1 N–H and O–H groups in total. The number of hydrogen-bond donors (Lipinski definition) is 1. The van der Waals surface area contributed by atoms with Crippen LogP contribution in [0.25, 0.3) is 0 Å². The number of carbonyl (C=O) groups is 1. The van der Waals surface area contributed by atoms with Crippen molar-refractivity contribution in [3.05, 3.63) is 29.3 Å². The van der Waals surface area contributed by atoms with Gasteiger partial charge in [-0.15, -0.1) is 0 Å². The van der Waals surface area contributed by atoms with Gasteiger partial charge >= 0.3 is 12.1 Å². The van der Waals surface area contributed by atoms with Crippen molar-refractivity contribution in [2.45, 2.75) is 26.4 Å². The Morgan fingerprint density at radius 2 is 1.95 bits per heavy atom. The molecule has 19 heavy (non-hydrogen) atoms. The second kappa shape index (κ2) is 5.95. The highest BCUT2D eigenvalue weighted by molar-refractivity contribution is 5.91. The van der Waals surface area contributed by atoms with Crippen LogP contribution >= 0.6 is 0 Å². The van der Waals surface area contributed by atoms with Gasteiger partial charge in [0.1, 0.15) is 0 Å². The van der Waals surface area contributed by atoms with E-state index in [-0.39, 0.29) is 0 Å². The van der Waals surface area contributed by atoms with Gasteiger partial charge < -0.3 is 10.0 Å². The number of nitrogens with zero attached hydrogens (tertiary/aromatic N) is 1. The van der Waals surface area contributed by atoms with Crippen molar-refractivity contribution in [2.75, 3.05) is 18.0 Å². The minimum Gasteiger partial charge on any atom is -0.478 e. The number of halogens is 3. The van der Waals surface area contributed by atoms with E-state index in [1.807, 2.05) is 18.7 Å². The van der Waals surface area contributed by atoms with Crippen molar-refractivity contribution in [2.24, 2.45) is 0 Å². The summed E-state index contributed by atoms with van der Waals surface area (Å²) in [6, 6.07) is 3.23. The Kier molecular flexibility index (Phi) is 4.80. The van der Waals surface area contributed by atoms with Crippen LogP contribution in [0.3, 0.4) is 0 Å². The van der Waals surface area contributed by atoms with Gasteiger partial charge in [-0.05, 0) is 31.5 Å². The van der Waals surface area contributed by atoms with E-state index in [0.29, 0.717) is 18.8 Å². The van der Waals surface area contributed by atoms with Crippen LogP contribution in [0.15, 0.2) is 18.2 Å². The van der Waals surface area contributed by atoms with Crippen LogP contribution in [0, 0.1) is 0 Å². The molecule has 0 aliphatic carbocycles. The number of aromatic carboxylic acids is 1. The summed E-state index contributed by atoms with van der Waals surface area (Å²) in [7, 11) is 0. The number of rotatable bonds is 5. The molecule has 1 rings (SSSR count). The minimum atomic E-state index is -4.66. The van der Waals surface area contributed by atoms with E-state index in [2.05, 4.69) is 0 Å². The summed E-state index contributed by atoms with van der Waals surface area (Å²) in [5.74, 6) is -1.57. The van der Waals surface area contributed by atoms with E-state index in [1.54, 1.807) is 0 Å². The van der Waals surface area contributed by atoms with E-state index < -0.39 is 23.3 Å². The molecule has 1 aromatic carbocycles. The number of hydrogen-bond acceptors (Lipinski definition) is 2. The van der Waals surface area contributed by atoms with E-state index in [0.717, 1.165) is 18.6 Å². The minimum absolute atomic E-state index is 0.495. The Morgan fingerprint density at radius 1 is 1.32 bits per heavy atom. The predicted molar refractivity (Wildman–Crippen MR) is 66.6 cm³/mol. The van der Waals surface area contributed by atoms with Gasteiger partial charge in [0, 0.05) is 18.8 Å². The summed E-state index contributed by atoms with van der Waals surface area (Å²) in [6.07, 6.45) is -3.83. The third kappa shape index (κ3) is 3.62. The molecular weight excluding hydrogens is 259 g/mol. The molecule has 0 bridgehead atoms. The topological polar surface area (TPSA) is 40.5 Å². The van der Waals surface area contributed by atoms with Crippen molar-refractivity contribution in [3.8, 4) is 0 Å².